The Morgan fingerprint density at radius 1 is 1.14 bits per heavy atom. The van der Waals surface area contributed by atoms with E-state index in [0.29, 0.717) is 6.54 Å². The summed E-state index contributed by atoms with van der Waals surface area (Å²) in [6.07, 6.45) is 0. The standard InChI is InChI=1S/C16H15FN2O2/c1-21-16(18-11-12-7-3-2-4-8-12)19-15(20)13-9-5-6-10-14(13)17/h2-10H,11H2,1H3,(H,18,19,20). The molecule has 0 aliphatic rings. The van der Waals surface area contributed by atoms with Crippen molar-refractivity contribution >= 4 is 11.9 Å². The molecule has 0 aromatic heterocycles. The quantitative estimate of drug-likeness (QED) is 0.696. The molecule has 0 heterocycles. The van der Waals surface area contributed by atoms with Crippen LogP contribution in [0.3, 0.4) is 0 Å². The lowest BCUT2D eigenvalue weighted by atomic mass is 10.2. The molecule has 5 heteroatoms. The molecule has 0 bridgehead atoms. The molecule has 0 spiro atoms. The lowest BCUT2D eigenvalue weighted by Crippen LogP contribution is -2.32. The fourth-order valence-electron chi connectivity index (χ4n) is 1.71. The lowest BCUT2D eigenvalue weighted by molar-refractivity contribution is 0.0964. The molecular weight excluding hydrogens is 271 g/mol. The lowest BCUT2D eigenvalue weighted by Gasteiger charge is -2.08. The van der Waals surface area contributed by atoms with Crippen LogP contribution >= 0.6 is 0 Å². The third-order valence-corrected chi connectivity index (χ3v) is 2.78. The smallest absolute Gasteiger partial charge is 0.291 e. The minimum Gasteiger partial charge on any atom is -0.468 e. The Morgan fingerprint density at radius 3 is 2.48 bits per heavy atom. The molecular formula is C16H15FN2O2. The van der Waals surface area contributed by atoms with Crippen LogP contribution in [-0.2, 0) is 11.3 Å². The maximum Gasteiger partial charge on any atom is 0.291 e. The van der Waals surface area contributed by atoms with Crippen molar-refractivity contribution in [1.82, 2.24) is 5.32 Å². The van der Waals surface area contributed by atoms with Gasteiger partial charge in [0.2, 0.25) is 0 Å². The molecule has 108 valence electrons. The van der Waals surface area contributed by atoms with E-state index in [1.807, 2.05) is 30.3 Å². The van der Waals surface area contributed by atoms with Gasteiger partial charge in [-0.1, -0.05) is 42.5 Å². The van der Waals surface area contributed by atoms with Gasteiger partial charge in [-0.05, 0) is 17.7 Å². The monoisotopic (exact) mass is 286 g/mol. The van der Waals surface area contributed by atoms with Crippen LogP contribution in [0.25, 0.3) is 0 Å². The molecule has 0 saturated carbocycles. The number of ether oxygens (including phenoxy) is 1. The van der Waals surface area contributed by atoms with Crippen LogP contribution in [0.15, 0.2) is 59.6 Å². The molecule has 2 aromatic carbocycles. The van der Waals surface area contributed by atoms with Gasteiger partial charge in [0.25, 0.3) is 11.9 Å². The minimum absolute atomic E-state index is 0.0482. The summed E-state index contributed by atoms with van der Waals surface area (Å²) in [4.78, 5) is 16.1. The van der Waals surface area contributed by atoms with Crippen LogP contribution in [0.2, 0.25) is 0 Å². The fraction of sp³-hybridized carbons (Fsp3) is 0.125. The van der Waals surface area contributed by atoms with Gasteiger partial charge in [-0.25, -0.2) is 9.38 Å². The van der Waals surface area contributed by atoms with Crippen molar-refractivity contribution in [1.29, 1.82) is 0 Å². The van der Waals surface area contributed by atoms with Gasteiger partial charge >= 0.3 is 0 Å². The second-order valence-corrected chi connectivity index (χ2v) is 4.25. The summed E-state index contributed by atoms with van der Waals surface area (Å²) in [6, 6.07) is 15.3. The number of nitrogens with one attached hydrogen (secondary N) is 1. The van der Waals surface area contributed by atoms with Gasteiger partial charge in [0, 0.05) is 0 Å². The number of rotatable bonds is 3. The number of carbonyl (C=O) groups is 1. The molecule has 0 radical (unpaired) electrons. The highest BCUT2D eigenvalue weighted by molar-refractivity contribution is 6.04. The number of carbonyl (C=O) groups excluding carboxylic acids is 1. The van der Waals surface area contributed by atoms with Crippen LogP contribution in [0.5, 0.6) is 0 Å². The number of benzene rings is 2. The first-order valence-corrected chi connectivity index (χ1v) is 6.39. The zero-order valence-electron chi connectivity index (χ0n) is 11.5. The summed E-state index contributed by atoms with van der Waals surface area (Å²) in [5.41, 5.74) is 0.925. The average molecular weight is 286 g/mol. The molecule has 0 aliphatic carbocycles. The van der Waals surface area contributed by atoms with Gasteiger partial charge in [0.05, 0.1) is 19.2 Å². The number of amides is 1. The van der Waals surface area contributed by atoms with Gasteiger partial charge in [-0.2, -0.15) is 0 Å². The highest BCUT2D eigenvalue weighted by Crippen LogP contribution is 2.06. The Balaban J connectivity index is 2.05. The Morgan fingerprint density at radius 2 is 1.81 bits per heavy atom. The van der Waals surface area contributed by atoms with Gasteiger partial charge in [-0.15, -0.1) is 0 Å². The zero-order chi connectivity index (χ0) is 15.1. The fourth-order valence-corrected chi connectivity index (χ4v) is 1.71. The molecule has 0 atom stereocenters. The molecule has 0 unspecified atom stereocenters. The van der Waals surface area contributed by atoms with E-state index in [9.17, 15) is 9.18 Å². The Kier molecular flexibility index (Phi) is 5.04. The van der Waals surface area contributed by atoms with E-state index in [0.717, 1.165) is 5.56 Å². The molecule has 1 N–H and O–H groups in total. The van der Waals surface area contributed by atoms with Crippen molar-refractivity contribution in [3.8, 4) is 0 Å². The number of halogens is 1. The van der Waals surface area contributed by atoms with Gasteiger partial charge in [0.15, 0.2) is 0 Å². The van der Waals surface area contributed by atoms with Crippen molar-refractivity contribution < 1.29 is 13.9 Å². The predicted octanol–water partition coefficient (Wildman–Crippen LogP) is 2.76. The SMILES string of the molecule is COC(=NCc1ccccc1)NC(=O)c1ccccc1F. The first-order chi connectivity index (χ1) is 10.2. The van der Waals surface area contributed by atoms with E-state index in [-0.39, 0.29) is 11.6 Å². The molecule has 0 fully saturated rings. The number of methoxy groups -OCH3 is 1. The van der Waals surface area contributed by atoms with Gasteiger partial charge in [0.1, 0.15) is 5.82 Å². The Hall–Kier alpha value is -2.69. The van der Waals surface area contributed by atoms with Crippen molar-refractivity contribution in [2.24, 2.45) is 4.99 Å². The molecule has 2 aromatic rings. The largest absolute Gasteiger partial charge is 0.468 e. The van der Waals surface area contributed by atoms with Crippen molar-refractivity contribution in [3.63, 3.8) is 0 Å². The number of amidine groups is 1. The normalized spacial score (nSPS) is 11.0. The maximum atomic E-state index is 13.5. The Labute approximate surface area is 122 Å². The molecule has 1 amide bonds. The van der Waals surface area contributed by atoms with Crippen molar-refractivity contribution in [2.45, 2.75) is 6.54 Å². The third-order valence-electron chi connectivity index (χ3n) is 2.78. The summed E-state index contributed by atoms with van der Waals surface area (Å²) in [7, 11) is 1.39. The molecule has 4 nitrogen and oxygen atoms in total. The summed E-state index contributed by atoms with van der Waals surface area (Å²) in [5, 5.41) is 2.44. The van der Waals surface area contributed by atoms with Crippen molar-refractivity contribution in [2.75, 3.05) is 7.11 Å². The summed E-state index contributed by atoms with van der Waals surface area (Å²) in [6.45, 7) is 0.363. The van der Waals surface area contributed by atoms with E-state index in [2.05, 4.69) is 10.3 Å². The number of hydrogen-bond donors (Lipinski definition) is 1. The summed E-state index contributed by atoms with van der Waals surface area (Å²) < 4.78 is 18.5. The number of nitrogens with zero attached hydrogens (tertiary/aromatic N) is 1. The summed E-state index contributed by atoms with van der Waals surface area (Å²) >= 11 is 0. The minimum atomic E-state index is -0.596. The Bertz CT molecular complexity index is 642. The average Bonchev–Trinajstić information content (AvgIpc) is 2.52. The van der Waals surface area contributed by atoms with E-state index in [1.54, 1.807) is 6.07 Å². The first-order valence-electron chi connectivity index (χ1n) is 6.39. The van der Waals surface area contributed by atoms with Crippen LogP contribution in [0.1, 0.15) is 15.9 Å². The van der Waals surface area contributed by atoms with Crippen LogP contribution in [-0.4, -0.2) is 19.0 Å². The second-order valence-electron chi connectivity index (χ2n) is 4.25. The van der Waals surface area contributed by atoms with E-state index in [1.165, 1.54) is 25.3 Å². The van der Waals surface area contributed by atoms with Crippen LogP contribution in [0, 0.1) is 5.82 Å². The zero-order valence-corrected chi connectivity index (χ0v) is 11.5. The van der Waals surface area contributed by atoms with Crippen molar-refractivity contribution in [3.05, 3.63) is 71.5 Å². The summed E-state index contributed by atoms with van der Waals surface area (Å²) in [5.74, 6) is -1.18. The maximum absolute atomic E-state index is 13.5. The third kappa shape index (κ3) is 4.14. The highest BCUT2D eigenvalue weighted by atomic mass is 19.1. The van der Waals surface area contributed by atoms with Crippen LogP contribution in [0.4, 0.5) is 4.39 Å². The molecule has 0 aliphatic heterocycles. The van der Waals surface area contributed by atoms with E-state index in [4.69, 9.17) is 4.74 Å². The topological polar surface area (TPSA) is 50.7 Å². The van der Waals surface area contributed by atoms with E-state index >= 15 is 0 Å². The molecule has 21 heavy (non-hydrogen) atoms. The molecule has 0 saturated heterocycles. The highest BCUT2D eigenvalue weighted by Gasteiger charge is 2.13. The van der Waals surface area contributed by atoms with Gasteiger partial charge < -0.3 is 4.74 Å². The first kappa shape index (κ1) is 14.7. The molecule has 2 rings (SSSR count). The van der Waals surface area contributed by atoms with E-state index < -0.39 is 11.7 Å². The number of hydrogen-bond acceptors (Lipinski definition) is 3. The predicted molar refractivity (Wildman–Crippen MR) is 78.5 cm³/mol. The number of aliphatic imine (C=N–C) groups is 1. The van der Waals surface area contributed by atoms with Crippen LogP contribution < -0.4 is 5.32 Å². The van der Waals surface area contributed by atoms with Gasteiger partial charge in [-0.3, -0.25) is 10.1 Å². The second kappa shape index (κ2) is 7.19.